The molecular weight excluding hydrogens is 357 g/mol. The number of terminal acetylenes is 1. The van der Waals surface area contributed by atoms with E-state index in [0.717, 1.165) is 0 Å². The van der Waals surface area contributed by atoms with Crippen molar-refractivity contribution in [3.8, 4) is 12.3 Å². The van der Waals surface area contributed by atoms with E-state index >= 15 is 0 Å². The van der Waals surface area contributed by atoms with Crippen LogP contribution in [0.1, 0.15) is 12.0 Å². The van der Waals surface area contributed by atoms with E-state index in [2.05, 4.69) is 17.8 Å². The molecule has 7 heteroatoms. The fraction of sp³-hybridized carbons (Fsp3) is 0.368. The fourth-order valence-corrected chi connectivity index (χ4v) is 3.10. The van der Waals surface area contributed by atoms with E-state index in [-0.39, 0.29) is 31.3 Å². The fourth-order valence-electron chi connectivity index (χ4n) is 2.87. The second-order valence-corrected chi connectivity index (χ2v) is 6.36. The van der Waals surface area contributed by atoms with Gasteiger partial charge in [0.05, 0.1) is 19.0 Å². The van der Waals surface area contributed by atoms with Crippen LogP contribution in [0.2, 0.25) is 5.02 Å². The Morgan fingerprint density at radius 1 is 1.58 bits per heavy atom. The van der Waals surface area contributed by atoms with E-state index in [0.29, 0.717) is 30.2 Å². The zero-order chi connectivity index (χ0) is 19.1. The molecule has 1 fully saturated rings. The number of rotatable bonds is 7. The molecule has 0 aliphatic carbocycles. The van der Waals surface area contributed by atoms with Crippen LogP contribution in [0.25, 0.3) is 0 Å². The van der Waals surface area contributed by atoms with Gasteiger partial charge in [0.1, 0.15) is 5.82 Å². The van der Waals surface area contributed by atoms with Crippen LogP contribution in [0.3, 0.4) is 0 Å². The lowest BCUT2D eigenvalue weighted by molar-refractivity contribution is -0.138. The highest BCUT2D eigenvalue weighted by Crippen LogP contribution is 2.23. The lowest BCUT2D eigenvalue weighted by Gasteiger charge is -2.35. The summed E-state index contributed by atoms with van der Waals surface area (Å²) in [7, 11) is 0. The predicted octanol–water partition coefficient (Wildman–Crippen LogP) is 1.82. The number of halogens is 2. The third kappa shape index (κ3) is 4.84. The summed E-state index contributed by atoms with van der Waals surface area (Å²) in [5.74, 6) is 1.47. The number of nitrogens with zero attached hydrogens (tertiary/aromatic N) is 2. The molecule has 0 radical (unpaired) electrons. The van der Waals surface area contributed by atoms with Gasteiger partial charge in [0, 0.05) is 36.8 Å². The van der Waals surface area contributed by atoms with Crippen LogP contribution in [-0.2, 0) is 16.1 Å². The number of carbonyl (C=O) groups is 2. The first-order valence-electron chi connectivity index (χ1n) is 8.24. The minimum atomic E-state index is -0.711. The third-order valence-corrected chi connectivity index (χ3v) is 4.57. The lowest BCUT2D eigenvalue weighted by Crippen LogP contribution is -2.56. The van der Waals surface area contributed by atoms with Gasteiger partial charge in [0.2, 0.25) is 11.8 Å². The van der Waals surface area contributed by atoms with Gasteiger partial charge in [0.15, 0.2) is 0 Å². The quantitative estimate of drug-likeness (QED) is 0.582. The molecule has 1 saturated heterocycles. The monoisotopic (exact) mass is 377 g/mol. The molecule has 26 heavy (non-hydrogen) atoms. The van der Waals surface area contributed by atoms with Crippen molar-refractivity contribution < 1.29 is 14.0 Å². The molecule has 1 aliphatic rings. The molecule has 1 aromatic carbocycles. The van der Waals surface area contributed by atoms with Crippen LogP contribution in [0.5, 0.6) is 0 Å². The first kappa shape index (κ1) is 20.0. The third-order valence-electron chi connectivity index (χ3n) is 4.22. The average molecular weight is 378 g/mol. The minimum Gasteiger partial charge on any atom is -0.353 e. The van der Waals surface area contributed by atoms with Gasteiger partial charge in [-0.3, -0.25) is 14.5 Å². The number of amides is 2. The zero-order valence-electron chi connectivity index (χ0n) is 14.4. The molecule has 1 aliphatic heterocycles. The summed E-state index contributed by atoms with van der Waals surface area (Å²) in [6.07, 6.45) is 6.82. The molecule has 1 N–H and O–H groups in total. The Labute approximate surface area is 157 Å². The number of hydrogen-bond donors (Lipinski definition) is 1. The topological polar surface area (TPSA) is 52.7 Å². The summed E-state index contributed by atoms with van der Waals surface area (Å²) in [6.45, 7) is 5.11. The van der Waals surface area contributed by atoms with E-state index in [9.17, 15) is 14.0 Å². The number of piperazine rings is 1. The van der Waals surface area contributed by atoms with Gasteiger partial charge < -0.3 is 10.2 Å². The Hall–Kier alpha value is -2.36. The SMILES string of the molecule is C#CCN(CC=C)C(=O)C[C@H]1C(=O)NCCN1Cc1c(F)cccc1Cl. The molecular formula is C19H21ClFN3O2. The van der Waals surface area contributed by atoms with Gasteiger partial charge in [-0.25, -0.2) is 4.39 Å². The van der Waals surface area contributed by atoms with Gasteiger partial charge in [-0.1, -0.05) is 29.7 Å². The van der Waals surface area contributed by atoms with E-state index < -0.39 is 11.9 Å². The maximum atomic E-state index is 14.1. The summed E-state index contributed by atoms with van der Waals surface area (Å²) in [6, 6.07) is 3.74. The van der Waals surface area contributed by atoms with Crippen LogP contribution in [0, 0.1) is 18.2 Å². The number of hydrogen-bond acceptors (Lipinski definition) is 3. The van der Waals surface area contributed by atoms with Gasteiger partial charge in [-0.15, -0.1) is 13.0 Å². The molecule has 1 atom stereocenters. The molecule has 0 saturated carbocycles. The Bertz CT molecular complexity index is 712. The summed E-state index contributed by atoms with van der Waals surface area (Å²) in [5, 5.41) is 3.04. The van der Waals surface area contributed by atoms with E-state index in [1.165, 1.54) is 17.0 Å². The minimum absolute atomic E-state index is 0.0482. The van der Waals surface area contributed by atoms with Crippen molar-refractivity contribution in [2.75, 3.05) is 26.2 Å². The maximum Gasteiger partial charge on any atom is 0.237 e. The van der Waals surface area contributed by atoms with Crippen molar-refractivity contribution in [3.05, 3.63) is 47.3 Å². The van der Waals surface area contributed by atoms with Crippen molar-refractivity contribution in [2.45, 2.75) is 19.0 Å². The molecule has 1 heterocycles. The highest BCUT2D eigenvalue weighted by atomic mass is 35.5. The molecule has 0 aromatic heterocycles. The van der Waals surface area contributed by atoms with Crippen LogP contribution < -0.4 is 5.32 Å². The summed E-state index contributed by atoms with van der Waals surface area (Å²) in [4.78, 5) is 28.1. The largest absolute Gasteiger partial charge is 0.353 e. The summed E-state index contributed by atoms with van der Waals surface area (Å²) >= 11 is 6.10. The predicted molar refractivity (Wildman–Crippen MR) is 98.8 cm³/mol. The average Bonchev–Trinajstić information content (AvgIpc) is 2.60. The second kappa shape index (κ2) is 9.37. The molecule has 0 unspecified atom stereocenters. The molecule has 2 rings (SSSR count). The molecule has 5 nitrogen and oxygen atoms in total. The van der Waals surface area contributed by atoms with Crippen molar-refractivity contribution in [3.63, 3.8) is 0 Å². The van der Waals surface area contributed by atoms with Gasteiger partial charge >= 0.3 is 0 Å². The Morgan fingerprint density at radius 2 is 2.35 bits per heavy atom. The Morgan fingerprint density at radius 3 is 3.00 bits per heavy atom. The maximum absolute atomic E-state index is 14.1. The van der Waals surface area contributed by atoms with Crippen molar-refractivity contribution >= 4 is 23.4 Å². The second-order valence-electron chi connectivity index (χ2n) is 5.95. The lowest BCUT2D eigenvalue weighted by atomic mass is 10.1. The standard InChI is InChI=1S/C19H21ClFN3O2/c1-3-9-23(10-4-2)18(25)12-17-19(26)22-8-11-24(17)13-14-15(20)6-5-7-16(14)21/h1,4-7,17H,2,8-13H2,(H,22,26)/t17-/m0/s1. The molecule has 138 valence electrons. The van der Waals surface area contributed by atoms with Crippen LogP contribution in [0.4, 0.5) is 4.39 Å². The molecule has 0 bridgehead atoms. The van der Waals surface area contributed by atoms with Crippen molar-refractivity contribution in [1.82, 2.24) is 15.1 Å². The van der Waals surface area contributed by atoms with Crippen molar-refractivity contribution in [2.24, 2.45) is 0 Å². The van der Waals surface area contributed by atoms with E-state index in [4.69, 9.17) is 18.0 Å². The van der Waals surface area contributed by atoms with Gasteiger partial charge in [-0.05, 0) is 12.1 Å². The first-order valence-corrected chi connectivity index (χ1v) is 8.62. The summed E-state index contributed by atoms with van der Waals surface area (Å²) < 4.78 is 14.1. The Kier molecular flexibility index (Phi) is 7.19. The highest BCUT2D eigenvalue weighted by molar-refractivity contribution is 6.31. The van der Waals surface area contributed by atoms with Gasteiger partial charge in [-0.2, -0.15) is 0 Å². The van der Waals surface area contributed by atoms with Crippen LogP contribution in [0.15, 0.2) is 30.9 Å². The van der Waals surface area contributed by atoms with Crippen molar-refractivity contribution in [1.29, 1.82) is 0 Å². The van der Waals surface area contributed by atoms with E-state index in [1.807, 2.05) is 0 Å². The Balaban J connectivity index is 2.17. The number of benzene rings is 1. The zero-order valence-corrected chi connectivity index (χ0v) is 15.1. The van der Waals surface area contributed by atoms with Crippen LogP contribution in [-0.4, -0.2) is 53.8 Å². The number of nitrogens with one attached hydrogen (secondary N) is 1. The summed E-state index contributed by atoms with van der Waals surface area (Å²) in [5.41, 5.74) is 0.313. The van der Waals surface area contributed by atoms with Gasteiger partial charge in [0.25, 0.3) is 0 Å². The van der Waals surface area contributed by atoms with Crippen LogP contribution >= 0.6 is 11.6 Å². The first-order chi connectivity index (χ1) is 12.5. The molecule has 2 amide bonds. The molecule has 0 spiro atoms. The van der Waals surface area contributed by atoms with E-state index in [1.54, 1.807) is 17.0 Å². The highest BCUT2D eigenvalue weighted by Gasteiger charge is 2.33. The smallest absolute Gasteiger partial charge is 0.237 e. The number of carbonyl (C=O) groups excluding carboxylic acids is 2. The normalized spacial score (nSPS) is 17.3. The molecule has 1 aromatic rings.